The lowest BCUT2D eigenvalue weighted by Gasteiger charge is -1.98. The minimum absolute atomic E-state index is 0.775. The molecule has 0 N–H and O–H groups in total. The molecule has 10 heavy (non-hydrogen) atoms. The highest BCUT2D eigenvalue weighted by Gasteiger charge is 2.05. The fraction of sp³-hybridized carbons (Fsp3) is 0.429. The van der Waals surface area contributed by atoms with Crippen LogP contribution in [0, 0.1) is 20.8 Å². The highest BCUT2D eigenvalue weighted by atomic mass is 19.3. The number of halogens is 1. The fourth-order valence-corrected chi connectivity index (χ4v) is 1.01. The number of aromatic nitrogens is 1. The molecule has 0 fully saturated rings. The van der Waals surface area contributed by atoms with Crippen LogP contribution in [0.15, 0.2) is 6.07 Å². The highest BCUT2D eigenvalue weighted by molar-refractivity contribution is 5.23. The Bertz CT molecular complexity index is 242. The summed E-state index contributed by atoms with van der Waals surface area (Å²) >= 11 is 0. The van der Waals surface area contributed by atoms with E-state index in [9.17, 15) is 4.53 Å². The van der Waals surface area contributed by atoms with Gasteiger partial charge in [0.2, 0.25) is 0 Å². The van der Waals surface area contributed by atoms with Gasteiger partial charge in [0.1, 0.15) is 0 Å². The van der Waals surface area contributed by atoms with E-state index in [-0.39, 0.29) is 0 Å². The third-order valence-electron chi connectivity index (χ3n) is 1.69. The lowest BCUT2D eigenvalue weighted by Crippen LogP contribution is -2.05. The predicted octanol–water partition coefficient (Wildman–Crippen LogP) is 1.73. The molecule has 0 saturated carbocycles. The summed E-state index contributed by atoms with van der Waals surface area (Å²) in [5.41, 5.74) is 2.62. The zero-order chi connectivity index (χ0) is 7.72. The molecule has 0 amide bonds. The first kappa shape index (κ1) is 7.12. The highest BCUT2D eigenvalue weighted by Crippen LogP contribution is 2.11. The van der Waals surface area contributed by atoms with Crippen LogP contribution in [-0.4, -0.2) is 4.73 Å². The van der Waals surface area contributed by atoms with Gasteiger partial charge in [-0.25, -0.2) is 0 Å². The Hall–Kier alpha value is -0.990. The maximum atomic E-state index is 11.7. The fourth-order valence-electron chi connectivity index (χ4n) is 1.01. The molecule has 0 aliphatic heterocycles. The molecule has 0 bridgehead atoms. The van der Waals surface area contributed by atoms with Crippen molar-refractivity contribution in [3.05, 3.63) is 23.0 Å². The summed E-state index contributed by atoms with van der Waals surface area (Å²) in [4.78, 5) is 0. The molecule has 0 aromatic carbocycles. The third-order valence-corrected chi connectivity index (χ3v) is 1.69. The second-order valence-electron chi connectivity index (χ2n) is 2.42. The zero-order valence-electron chi connectivity index (χ0n) is 6.31. The van der Waals surface area contributed by atoms with E-state index < -0.39 is 0 Å². The molecule has 3 heteroatoms. The van der Waals surface area contributed by atoms with Crippen molar-refractivity contribution in [2.45, 2.75) is 20.8 Å². The quantitative estimate of drug-likeness (QED) is 0.584. The van der Waals surface area contributed by atoms with Gasteiger partial charge in [-0.1, -0.05) is 0 Å². The molecule has 1 heterocycles. The van der Waals surface area contributed by atoms with E-state index in [1.54, 1.807) is 6.92 Å². The van der Waals surface area contributed by atoms with Gasteiger partial charge >= 0.3 is 0 Å². The van der Waals surface area contributed by atoms with Crippen LogP contribution in [0.25, 0.3) is 0 Å². The summed E-state index contributed by atoms with van der Waals surface area (Å²) in [6, 6.07) is 1.87. The van der Waals surface area contributed by atoms with Crippen LogP contribution in [0.3, 0.4) is 0 Å². The molecule has 0 unspecified atom stereocenters. The zero-order valence-corrected chi connectivity index (χ0v) is 6.31. The molecule has 56 valence electrons. The van der Waals surface area contributed by atoms with Crippen LogP contribution in [0.5, 0.6) is 0 Å². The molecule has 1 aromatic heterocycles. The molecule has 0 aliphatic carbocycles. The lowest BCUT2D eigenvalue weighted by atomic mass is 10.3. The predicted molar refractivity (Wildman–Crippen MR) is 36.3 cm³/mol. The third kappa shape index (κ3) is 0.875. The van der Waals surface area contributed by atoms with Crippen molar-refractivity contribution < 1.29 is 9.57 Å². The Morgan fingerprint density at radius 1 is 1.40 bits per heavy atom. The number of aryl methyl sites for hydroxylation is 2. The molecule has 0 radical (unpaired) electrons. The number of hydrogen-bond donors (Lipinski definition) is 0. The van der Waals surface area contributed by atoms with Gasteiger partial charge in [0.25, 0.3) is 0 Å². The first-order chi connectivity index (χ1) is 4.66. The average Bonchev–Trinajstić information content (AvgIpc) is 2.09. The monoisotopic (exact) mass is 143 g/mol. The normalized spacial score (nSPS) is 10.0. The van der Waals surface area contributed by atoms with E-state index in [0.717, 1.165) is 21.7 Å². The Labute approximate surface area is 59.1 Å². The molecule has 0 aliphatic rings. The van der Waals surface area contributed by atoms with Gasteiger partial charge in [-0.2, -0.15) is 5.04 Å². The van der Waals surface area contributed by atoms with Gasteiger partial charge in [0.05, 0.1) is 11.4 Å². The molecule has 1 aromatic rings. The van der Waals surface area contributed by atoms with Crippen molar-refractivity contribution in [1.82, 2.24) is 4.73 Å². The van der Waals surface area contributed by atoms with Crippen LogP contribution < -0.4 is 5.04 Å². The van der Waals surface area contributed by atoms with E-state index in [2.05, 4.69) is 5.04 Å². The largest absolute Gasteiger partial charge is 0.193 e. The summed E-state index contributed by atoms with van der Waals surface area (Å²) < 4.78 is 12.9. The SMILES string of the molecule is Cc1cc(C)n(OF)c1C. The van der Waals surface area contributed by atoms with E-state index >= 15 is 0 Å². The van der Waals surface area contributed by atoms with Gasteiger partial charge < -0.3 is 0 Å². The first-order valence-electron chi connectivity index (χ1n) is 3.11. The van der Waals surface area contributed by atoms with Crippen LogP contribution in [0.2, 0.25) is 0 Å². The Morgan fingerprint density at radius 2 is 2.00 bits per heavy atom. The average molecular weight is 143 g/mol. The van der Waals surface area contributed by atoms with Crippen LogP contribution >= 0.6 is 0 Å². The van der Waals surface area contributed by atoms with Crippen molar-refractivity contribution >= 4 is 0 Å². The number of hydrogen-bond acceptors (Lipinski definition) is 1. The lowest BCUT2D eigenvalue weighted by molar-refractivity contribution is -0.141. The Balaban J connectivity index is 3.20. The summed E-state index contributed by atoms with van der Waals surface area (Å²) in [6.07, 6.45) is 0. The van der Waals surface area contributed by atoms with Gasteiger partial charge in [0, 0.05) is 4.53 Å². The van der Waals surface area contributed by atoms with E-state index in [1.165, 1.54) is 0 Å². The van der Waals surface area contributed by atoms with Crippen molar-refractivity contribution in [1.29, 1.82) is 0 Å². The van der Waals surface area contributed by atoms with Crippen LogP contribution in [0.4, 0.5) is 4.53 Å². The minimum atomic E-state index is 0.775. The Kier molecular flexibility index (Phi) is 1.66. The maximum Gasteiger partial charge on any atom is 0.0611 e. The van der Waals surface area contributed by atoms with E-state index in [0.29, 0.717) is 0 Å². The van der Waals surface area contributed by atoms with Crippen molar-refractivity contribution in [3.8, 4) is 0 Å². The molecule has 0 spiro atoms. The summed E-state index contributed by atoms with van der Waals surface area (Å²) in [6.45, 7) is 5.51. The van der Waals surface area contributed by atoms with Crippen LogP contribution in [0.1, 0.15) is 17.0 Å². The van der Waals surface area contributed by atoms with E-state index in [4.69, 9.17) is 0 Å². The topological polar surface area (TPSA) is 14.2 Å². The van der Waals surface area contributed by atoms with Crippen molar-refractivity contribution in [2.75, 3.05) is 0 Å². The molecular formula is C7H10FNO. The molecule has 0 atom stereocenters. The summed E-state index contributed by atoms with van der Waals surface area (Å²) in [7, 11) is 0. The van der Waals surface area contributed by atoms with Gasteiger partial charge in [-0.05, 0) is 32.4 Å². The minimum Gasteiger partial charge on any atom is -0.193 e. The van der Waals surface area contributed by atoms with Crippen molar-refractivity contribution in [3.63, 3.8) is 0 Å². The molecule has 1 rings (SSSR count). The van der Waals surface area contributed by atoms with Gasteiger partial charge in [-0.3, -0.25) is 0 Å². The second-order valence-corrected chi connectivity index (χ2v) is 2.42. The smallest absolute Gasteiger partial charge is 0.0611 e. The summed E-state index contributed by atoms with van der Waals surface area (Å²) in [5.74, 6) is 0. The standard InChI is InChI=1S/C7H10FNO/c1-5-4-6(2)9(10-8)7(5)3/h4H,1-3H3. The van der Waals surface area contributed by atoms with Crippen LogP contribution in [-0.2, 0) is 0 Å². The molecular weight excluding hydrogens is 133 g/mol. The van der Waals surface area contributed by atoms with E-state index in [1.807, 2.05) is 19.9 Å². The van der Waals surface area contributed by atoms with Crippen molar-refractivity contribution in [2.24, 2.45) is 0 Å². The number of nitrogens with zero attached hydrogens (tertiary/aromatic N) is 1. The second kappa shape index (κ2) is 2.33. The Morgan fingerprint density at radius 3 is 2.20 bits per heavy atom. The molecule has 2 nitrogen and oxygen atoms in total. The molecule has 0 saturated heterocycles. The van der Waals surface area contributed by atoms with Gasteiger partial charge in [-0.15, -0.1) is 4.73 Å². The summed E-state index contributed by atoms with van der Waals surface area (Å²) in [5, 5.41) is 3.61. The van der Waals surface area contributed by atoms with Gasteiger partial charge in [0.15, 0.2) is 0 Å². The number of rotatable bonds is 1. The first-order valence-corrected chi connectivity index (χ1v) is 3.11. The maximum absolute atomic E-state index is 11.7.